The van der Waals surface area contributed by atoms with Crippen LogP contribution in [0.25, 0.3) is 10.9 Å². The van der Waals surface area contributed by atoms with Crippen LogP contribution in [-0.2, 0) is 6.54 Å². The van der Waals surface area contributed by atoms with Gasteiger partial charge in [0.05, 0.1) is 31.7 Å². The van der Waals surface area contributed by atoms with E-state index in [9.17, 15) is 4.79 Å². The fourth-order valence-electron chi connectivity index (χ4n) is 3.51. The SMILES string of the molecule is CC[C@@H]1CCCCN1Cc1nc2cc(OC)c(OC)cc2c(=O)[nH]1. The highest BCUT2D eigenvalue weighted by Crippen LogP contribution is 2.30. The molecule has 2 heterocycles. The monoisotopic (exact) mass is 331 g/mol. The lowest BCUT2D eigenvalue weighted by molar-refractivity contribution is 0.133. The molecule has 1 N–H and O–H groups in total. The van der Waals surface area contributed by atoms with E-state index in [4.69, 9.17) is 9.47 Å². The maximum atomic E-state index is 12.4. The first-order valence-electron chi connectivity index (χ1n) is 8.55. The molecule has 1 fully saturated rings. The van der Waals surface area contributed by atoms with Crippen molar-refractivity contribution in [1.82, 2.24) is 14.9 Å². The lowest BCUT2D eigenvalue weighted by atomic mass is 10.00. The van der Waals surface area contributed by atoms with E-state index in [1.807, 2.05) is 0 Å². The van der Waals surface area contributed by atoms with Crippen molar-refractivity contribution < 1.29 is 9.47 Å². The van der Waals surface area contributed by atoms with E-state index in [0.29, 0.717) is 40.8 Å². The molecule has 0 unspecified atom stereocenters. The minimum absolute atomic E-state index is 0.138. The zero-order chi connectivity index (χ0) is 17.1. The summed E-state index contributed by atoms with van der Waals surface area (Å²) < 4.78 is 10.6. The van der Waals surface area contributed by atoms with Crippen molar-refractivity contribution in [1.29, 1.82) is 0 Å². The molecular formula is C18H25N3O3. The molecule has 0 saturated carbocycles. The second-order valence-electron chi connectivity index (χ2n) is 6.27. The van der Waals surface area contributed by atoms with Gasteiger partial charge in [-0.25, -0.2) is 4.98 Å². The minimum atomic E-state index is -0.138. The summed E-state index contributed by atoms with van der Waals surface area (Å²) in [5.41, 5.74) is 0.498. The van der Waals surface area contributed by atoms with Gasteiger partial charge >= 0.3 is 0 Å². The molecular weight excluding hydrogens is 306 g/mol. The van der Waals surface area contributed by atoms with E-state index in [1.54, 1.807) is 26.4 Å². The van der Waals surface area contributed by atoms with Crippen LogP contribution in [0, 0.1) is 0 Å². The normalized spacial score (nSPS) is 18.7. The summed E-state index contributed by atoms with van der Waals surface area (Å²) in [5.74, 6) is 1.82. The van der Waals surface area contributed by atoms with Gasteiger partial charge in [0, 0.05) is 12.1 Å². The number of nitrogens with zero attached hydrogens (tertiary/aromatic N) is 2. The third-order valence-corrected chi connectivity index (χ3v) is 4.83. The van der Waals surface area contributed by atoms with Crippen molar-refractivity contribution in [3.63, 3.8) is 0 Å². The first kappa shape index (κ1) is 16.8. The number of ether oxygens (including phenoxy) is 2. The topological polar surface area (TPSA) is 67.5 Å². The number of H-pyrrole nitrogens is 1. The number of piperidine rings is 1. The second kappa shape index (κ2) is 7.21. The van der Waals surface area contributed by atoms with Crippen molar-refractivity contribution in [2.45, 2.75) is 45.2 Å². The number of fused-ring (bicyclic) bond motifs is 1. The van der Waals surface area contributed by atoms with Crippen LogP contribution in [0.5, 0.6) is 11.5 Å². The molecule has 1 atom stereocenters. The predicted octanol–water partition coefficient (Wildman–Crippen LogP) is 2.70. The molecule has 0 spiro atoms. The second-order valence-corrected chi connectivity index (χ2v) is 6.27. The van der Waals surface area contributed by atoms with E-state index in [2.05, 4.69) is 21.8 Å². The van der Waals surface area contributed by atoms with Crippen LogP contribution in [0.3, 0.4) is 0 Å². The molecule has 1 aliphatic heterocycles. The molecule has 0 radical (unpaired) electrons. The van der Waals surface area contributed by atoms with Gasteiger partial charge in [-0.2, -0.15) is 0 Å². The quantitative estimate of drug-likeness (QED) is 0.912. The molecule has 2 aromatic rings. The Labute approximate surface area is 141 Å². The Morgan fingerprint density at radius 1 is 1.25 bits per heavy atom. The summed E-state index contributed by atoms with van der Waals surface area (Å²) in [7, 11) is 3.14. The van der Waals surface area contributed by atoms with Crippen molar-refractivity contribution in [2.24, 2.45) is 0 Å². The van der Waals surface area contributed by atoms with Crippen LogP contribution in [-0.4, -0.2) is 41.7 Å². The van der Waals surface area contributed by atoms with Crippen LogP contribution in [0.4, 0.5) is 0 Å². The molecule has 0 bridgehead atoms. The van der Waals surface area contributed by atoms with Gasteiger partial charge in [0.25, 0.3) is 5.56 Å². The number of benzene rings is 1. The van der Waals surface area contributed by atoms with Crippen LogP contribution in [0.2, 0.25) is 0 Å². The Bertz CT molecular complexity index is 772. The van der Waals surface area contributed by atoms with Crippen LogP contribution in [0.1, 0.15) is 38.4 Å². The average molecular weight is 331 g/mol. The third kappa shape index (κ3) is 3.24. The Kier molecular flexibility index (Phi) is 5.04. The average Bonchev–Trinajstić information content (AvgIpc) is 2.61. The number of aromatic nitrogens is 2. The number of aromatic amines is 1. The smallest absolute Gasteiger partial charge is 0.258 e. The summed E-state index contributed by atoms with van der Waals surface area (Å²) >= 11 is 0. The van der Waals surface area contributed by atoms with E-state index in [0.717, 1.165) is 13.0 Å². The Balaban J connectivity index is 1.96. The first-order valence-corrected chi connectivity index (χ1v) is 8.55. The molecule has 6 heteroatoms. The Hall–Kier alpha value is -2.08. The molecule has 0 amide bonds. The molecule has 130 valence electrons. The number of hydrogen-bond acceptors (Lipinski definition) is 5. The molecule has 1 aromatic carbocycles. The standard InChI is InChI=1S/C18H25N3O3/c1-4-12-7-5-6-8-21(12)11-17-19-14-10-16(24-3)15(23-2)9-13(14)18(22)20-17/h9-10,12H,4-8,11H2,1-3H3,(H,19,20,22)/t12-/m1/s1. The summed E-state index contributed by atoms with van der Waals surface area (Å²) in [6.45, 7) is 3.96. The lowest BCUT2D eigenvalue weighted by Gasteiger charge is -2.34. The molecule has 3 rings (SSSR count). The van der Waals surface area contributed by atoms with Gasteiger partial charge in [0.1, 0.15) is 5.82 Å². The maximum Gasteiger partial charge on any atom is 0.258 e. The molecule has 1 saturated heterocycles. The maximum absolute atomic E-state index is 12.4. The van der Waals surface area contributed by atoms with Crippen LogP contribution >= 0.6 is 0 Å². The molecule has 1 aromatic heterocycles. The molecule has 24 heavy (non-hydrogen) atoms. The third-order valence-electron chi connectivity index (χ3n) is 4.83. The Morgan fingerprint density at radius 2 is 2.00 bits per heavy atom. The Morgan fingerprint density at radius 3 is 2.71 bits per heavy atom. The summed E-state index contributed by atoms with van der Waals surface area (Å²) in [5, 5.41) is 0.516. The largest absolute Gasteiger partial charge is 0.493 e. The summed E-state index contributed by atoms with van der Waals surface area (Å²) in [6.07, 6.45) is 4.84. The number of hydrogen-bond donors (Lipinski definition) is 1. The van der Waals surface area contributed by atoms with Crippen LogP contribution < -0.4 is 15.0 Å². The van der Waals surface area contributed by atoms with Gasteiger partial charge < -0.3 is 14.5 Å². The van der Waals surface area contributed by atoms with Crippen molar-refractivity contribution >= 4 is 10.9 Å². The zero-order valence-electron chi connectivity index (χ0n) is 14.6. The highest BCUT2D eigenvalue weighted by Gasteiger charge is 2.22. The van der Waals surface area contributed by atoms with Gasteiger partial charge in [-0.3, -0.25) is 9.69 Å². The highest BCUT2D eigenvalue weighted by atomic mass is 16.5. The molecule has 6 nitrogen and oxygen atoms in total. The van der Waals surface area contributed by atoms with E-state index >= 15 is 0 Å². The lowest BCUT2D eigenvalue weighted by Crippen LogP contribution is -2.39. The molecule has 0 aliphatic carbocycles. The first-order chi connectivity index (χ1) is 11.7. The number of nitrogens with one attached hydrogen (secondary N) is 1. The van der Waals surface area contributed by atoms with Crippen molar-refractivity contribution in [2.75, 3.05) is 20.8 Å². The fraction of sp³-hybridized carbons (Fsp3) is 0.556. The van der Waals surface area contributed by atoms with Gasteiger partial charge in [0.15, 0.2) is 11.5 Å². The van der Waals surface area contributed by atoms with E-state index in [1.165, 1.54) is 19.3 Å². The van der Waals surface area contributed by atoms with Crippen molar-refractivity contribution in [3.8, 4) is 11.5 Å². The predicted molar refractivity (Wildman–Crippen MR) is 93.8 cm³/mol. The number of rotatable bonds is 5. The van der Waals surface area contributed by atoms with E-state index in [-0.39, 0.29) is 5.56 Å². The van der Waals surface area contributed by atoms with Crippen LogP contribution in [0.15, 0.2) is 16.9 Å². The van der Waals surface area contributed by atoms with Gasteiger partial charge in [-0.05, 0) is 31.9 Å². The van der Waals surface area contributed by atoms with Gasteiger partial charge in [0.2, 0.25) is 0 Å². The minimum Gasteiger partial charge on any atom is -0.493 e. The zero-order valence-corrected chi connectivity index (χ0v) is 14.6. The number of likely N-dealkylation sites (tertiary alicyclic amines) is 1. The van der Waals surface area contributed by atoms with Gasteiger partial charge in [-0.15, -0.1) is 0 Å². The fourth-order valence-corrected chi connectivity index (χ4v) is 3.51. The van der Waals surface area contributed by atoms with Gasteiger partial charge in [-0.1, -0.05) is 13.3 Å². The molecule has 1 aliphatic rings. The van der Waals surface area contributed by atoms with E-state index < -0.39 is 0 Å². The highest BCUT2D eigenvalue weighted by molar-refractivity contribution is 5.81. The summed E-state index contributed by atoms with van der Waals surface area (Å²) in [6, 6.07) is 4.02. The number of methoxy groups -OCH3 is 2. The summed E-state index contributed by atoms with van der Waals surface area (Å²) in [4.78, 5) is 22.5. The van der Waals surface area contributed by atoms with Crippen molar-refractivity contribution in [3.05, 3.63) is 28.3 Å².